The van der Waals surface area contributed by atoms with Crippen LogP contribution in [0.4, 0.5) is 4.39 Å². The summed E-state index contributed by atoms with van der Waals surface area (Å²) in [5.41, 5.74) is 7.62. The molecule has 0 fully saturated rings. The third-order valence-corrected chi connectivity index (χ3v) is 3.51. The maximum atomic E-state index is 14.1. The molecule has 2 aromatic carbocycles. The highest BCUT2D eigenvalue weighted by Crippen LogP contribution is 2.26. The van der Waals surface area contributed by atoms with Crippen molar-refractivity contribution in [2.45, 2.75) is 12.5 Å². The summed E-state index contributed by atoms with van der Waals surface area (Å²) in [4.78, 5) is 0. The predicted octanol–water partition coefficient (Wildman–Crippen LogP) is 3.84. The molecule has 0 spiro atoms. The number of rotatable bonds is 4. The molecule has 0 radical (unpaired) electrons. The molecule has 0 heterocycles. The Morgan fingerprint density at radius 1 is 1.21 bits per heavy atom. The quantitative estimate of drug-likeness (QED) is 0.927. The molecule has 0 amide bonds. The summed E-state index contributed by atoms with van der Waals surface area (Å²) < 4.78 is 20.1. The lowest BCUT2D eigenvalue weighted by atomic mass is 9.99. The van der Waals surface area contributed by atoms with Crippen LogP contribution >= 0.6 is 15.9 Å². The zero-order valence-electron chi connectivity index (χ0n) is 10.6. The largest absolute Gasteiger partial charge is 0.494 e. The Bertz CT molecular complexity index is 557. The standard InChI is InChI=1S/C15H15BrFNO/c1-19-14-4-2-3-12(15(14)17)13(18)9-10-5-7-11(16)8-6-10/h2-8,13H,9,18H2,1H3. The summed E-state index contributed by atoms with van der Waals surface area (Å²) in [6.45, 7) is 0. The van der Waals surface area contributed by atoms with Gasteiger partial charge in [-0.3, -0.25) is 0 Å². The summed E-state index contributed by atoms with van der Waals surface area (Å²) >= 11 is 3.38. The maximum absolute atomic E-state index is 14.1. The van der Waals surface area contributed by atoms with Gasteiger partial charge in [0.1, 0.15) is 0 Å². The molecule has 0 aliphatic carbocycles. The zero-order valence-corrected chi connectivity index (χ0v) is 12.2. The topological polar surface area (TPSA) is 35.2 Å². The minimum absolute atomic E-state index is 0.226. The molecule has 2 rings (SSSR count). The van der Waals surface area contributed by atoms with Gasteiger partial charge in [0.25, 0.3) is 0 Å². The van der Waals surface area contributed by atoms with Crippen LogP contribution in [0.1, 0.15) is 17.2 Å². The van der Waals surface area contributed by atoms with Crippen molar-refractivity contribution in [3.8, 4) is 5.75 Å². The molecule has 1 atom stereocenters. The van der Waals surface area contributed by atoms with E-state index in [1.165, 1.54) is 7.11 Å². The molecule has 0 aromatic heterocycles. The second-order valence-corrected chi connectivity index (χ2v) is 5.22. The Labute approximate surface area is 120 Å². The molecule has 0 bridgehead atoms. The molecule has 2 nitrogen and oxygen atoms in total. The van der Waals surface area contributed by atoms with E-state index in [0.717, 1.165) is 10.0 Å². The second-order valence-electron chi connectivity index (χ2n) is 4.30. The van der Waals surface area contributed by atoms with Crippen LogP contribution in [-0.4, -0.2) is 7.11 Å². The molecule has 1 unspecified atom stereocenters. The van der Waals surface area contributed by atoms with Crippen LogP contribution in [0.5, 0.6) is 5.75 Å². The maximum Gasteiger partial charge on any atom is 0.169 e. The van der Waals surface area contributed by atoms with Gasteiger partial charge in [-0.2, -0.15) is 0 Å². The Kier molecular flexibility index (Phi) is 4.56. The molecule has 2 aromatic rings. The molecule has 4 heteroatoms. The summed E-state index contributed by atoms with van der Waals surface area (Å²) in [7, 11) is 1.45. The van der Waals surface area contributed by atoms with Crippen LogP contribution < -0.4 is 10.5 Å². The number of ether oxygens (including phenoxy) is 1. The van der Waals surface area contributed by atoms with E-state index in [9.17, 15) is 4.39 Å². The van der Waals surface area contributed by atoms with E-state index in [0.29, 0.717) is 12.0 Å². The van der Waals surface area contributed by atoms with Crippen molar-refractivity contribution in [1.29, 1.82) is 0 Å². The van der Waals surface area contributed by atoms with Crippen molar-refractivity contribution < 1.29 is 9.13 Å². The monoisotopic (exact) mass is 323 g/mol. The fourth-order valence-electron chi connectivity index (χ4n) is 1.96. The number of benzene rings is 2. The van der Waals surface area contributed by atoms with Gasteiger partial charge in [0, 0.05) is 16.1 Å². The van der Waals surface area contributed by atoms with E-state index in [2.05, 4.69) is 15.9 Å². The van der Waals surface area contributed by atoms with Crippen molar-refractivity contribution in [2.75, 3.05) is 7.11 Å². The Morgan fingerprint density at radius 3 is 2.53 bits per heavy atom. The summed E-state index contributed by atoms with van der Waals surface area (Å²) in [5.74, 6) is -0.154. The van der Waals surface area contributed by atoms with Gasteiger partial charge in [0.15, 0.2) is 11.6 Å². The molecule has 0 aliphatic rings. The number of hydrogen-bond acceptors (Lipinski definition) is 2. The van der Waals surface area contributed by atoms with E-state index < -0.39 is 6.04 Å². The van der Waals surface area contributed by atoms with E-state index in [1.54, 1.807) is 18.2 Å². The lowest BCUT2D eigenvalue weighted by Gasteiger charge is -2.14. The van der Waals surface area contributed by atoms with Crippen molar-refractivity contribution in [3.05, 3.63) is 63.9 Å². The van der Waals surface area contributed by atoms with Crippen LogP contribution in [0.3, 0.4) is 0 Å². The normalized spacial score (nSPS) is 12.2. The minimum atomic E-state index is -0.392. The average molecular weight is 324 g/mol. The van der Waals surface area contributed by atoms with Crippen LogP contribution in [-0.2, 0) is 6.42 Å². The first kappa shape index (κ1) is 14.0. The molecular weight excluding hydrogens is 309 g/mol. The van der Waals surface area contributed by atoms with E-state index >= 15 is 0 Å². The molecular formula is C15H15BrFNO. The first-order valence-electron chi connectivity index (χ1n) is 5.94. The van der Waals surface area contributed by atoms with Gasteiger partial charge in [-0.25, -0.2) is 4.39 Å². The first-order valence-corrected chi connectivity index (χ1v) is 6.73. The van der Waals surface area contributed by atoms with Crippen LogP contribution in [0.25, 0.3) is 0 Å². The molecule has 2 N–H and O–H groups in total. The van der Waals surface area contributed by atoms with Gasteiger partial charge in [-0.15, -0.1) is 0 Å². The Hall–Kier alpha value is -1.39. The number of methoxy groups -OCH3 is 1. The lowest BCUT2D eigenvalue weighted by molar-refractivity contribution is 0.382. The summed E-state index contributed by atoms with van der Waals surface area (Å²) in [6.07, 6.45) is 0.581. The lowest BCUT2D eigenvalue weighted by Crippen LogP contribution is -2.15. The van der Waals surface area contributed by atoms with E-state index in [4.69, 9.17) is 10.5 Å². The Balaban J connectivity index is 2.20. The van der Waals surface area contributed by atoms with Crippen molar-refractivity contribution >= 4 is 15.9 Å². The second kappa shape index (κ2) is 6.17. The molecule has 100 valence electrons. The first-order chi connectivity index (χ1) is 9.11. The summed E-state index contributed by atoms with van der Waals surface area (Å²) in [5, 5.41) is 0. The van der Waals surface area contributed by atoms with Crippen molar-refractivity contribution in [3.63, 3.8) is 0 Å². The smallest absolute Gasteiger partial charge is 0.169 e. The van der Waals surface area contributed by atoms with E-state index in [-0.39, 0.29) is 11.6 Å². The fourth-order valence-corrected chi connectivity index (χ4v) is 2.22. The number of halogens is 2. The van der Waals surface area contributed by atoms with Gasteiger partial charge in [-0.05, 0) is 30.2 Å². The van der Waals surface area contributed by atoms with Crippen LogP contribution in [0.2, 0.25) is 0 Å². The third kappa shape index (κ3) is 3.33. The van der Waals surface area contributed by atoms with Crippen molar-refractivity contribution in [2.24, 2.45) is 5.73 Å². The van der Waals surface area contributed by atoms with Gasteiger partial charge in [0.05, 0.1) is 7.11 Å². The zero-order chi connectivity index (χ0) is 13.8. The SMILES string of the molecule is COc1cccc(C(N)Cc2ccc(Br)cc2)c1F. The minimum Gasteiger partial charge on any atom is -0.494 e. The predicted molar refractivity (Wildman–Crippen MR) is 77.7 cm³/mol. The van der Waals surface area contributed by atoms with Crippen LogP contribution in [0, 0.1) is 5.82 Å². The Morgan fingerprint density at radius 2 is 1.89 bits per heavy atom. The summed E-state index contributed by atoms with van der Waals surface area (Å²) in [6, 6.07) is 12.5. The van der Waals surface area contributed by atoms with Crippen molar-refractivity contribution in [1.82, 2.24) is 0 Å². The highest BCUT2D eigenvalue weighted by Gasteiger charge is 2.15. The van der Waals surface area contributed by atoms with Gasteiger partial charge < -0.3 is 10.5 Å². The third-order valence-electron chi connectivity index (χ3n) is 2.98. The number of hydrogen-bond donors (Lipinski definition) is 1. The fraction of sp³-hybridized carbons (Fsp3) is 0.200. The van der Waals surface area contributed by atoms with Gasteiger partial charge >= 0.3 is 0 Å². The van der Waals surface area contributed by atoms with Gasteiger partial charge in [0.2, 0.25) is 0 Å². The average Bonchev–Trinajstić information content (AvgIpc) is 2.41. The highest BCUT2D eigenvalue weighted by atomic mass is 79.9. The molecule has 0 aliphatic heterocycles. The molecule has 0 saturated carbocycles. The molecule has 0 saturated heterocycles. The van der Waals surface area contributed by atoms with Gasteiger partial charge in [-0.1, -0.05) is 40.2 Å². The molecule has 19 heavy (non-hydrogen) atoms. The highest BCUT2D eigenvalue weighted by molar-refractivity contribution is 9.10. The van der Waals surface area contributed by atoms with Crippen LogP contribution in [0.15, 0.2) is 46.9 Å². The van der Waals surface area contributed by atoms with E-state index in [1.807, 2.05) is 24.3 Å². The number of nitrogens with two attached hydrogens (primary N) is 1.